The second kappa shape index (κ2) is 14.1. The van der Waals surface area contributed by atoms with Crippen molar-refractivity contribution in [3.05, 3.63) is 91.8 Å². The highest BCUT2D eigenvalue weighted by molar-refractivity contribution is 9.10. The van der Waals surface area contributed by atoms with Gasteiger partial charge in [-0.25, -0.2) is 9.18 Å². The van der Waals surface area contributed by atoms with Gasteiger partial charge < -0.3 is 25.6 Å². The molecule has 7 nitrogen and oxygen atoms in total. The van der Waals surface area contributed by atoms with Gasteiger partial charge in [-0.2, -0.15) is 0 Å². The number of hydrogen-bond donors (Lipinski definition) is 4. The quantitative estimate of drug-likeness (QED) is 0.218. The predicted octanol–water partition coefficient (Wildman–Crippen LogP) is 5.86. The average Bonchev–Trinajstić information content (AvgIpc) is 3.40. The number of thiophene rings is 1. The number of aliphatic hydroxyl groups is 2. The molecule has 2 aromatic carbocycles. The van der Waals surface area contributed by atoms with Gasteiger partial charge in [0, 0.05) is 15.3 Å². The Balaban J connectivity index is 1.58. The minimum Gasteiger partial charge on any atom is -0.444 e. The van der Waals surface area contributed by atoms with Crippen LogP contribution in [0.2, 0.25) is 0 Å². The van der Waals surface area contributed by atoms with E-state index in [-0.39, 0.29) is 19.3 Å². The van der Waals surface area contributed by atoms with Crippen molar-refractivity contribution >= 4 is 39.3 Å². The maximum atomic E-state index is 14.7. The van der Waals surface area contributed by atoms with Crippen LogP contribution in [0.1, 0.15) is 61.2 Å². The summed E-state index contributed by atoms with van der Waals surface area (Å²) in [5.41, 5.74) is 1.35. The number of fused-ring (bicyclic) bond motifs is 1. The number of rotatable bonds is 10. The Morgan fingerprint density at radius 1 is 1.12 bits per heavy atom. The molecule has 4 N–H and O–H groups in total. The maximum absolute atomic E-state index is 14.7. The summed E-state index contributed by atoms with van der Waals surface area (Å²) in [7, 11) is 0. The van der Waals surface area contributed by atoms with Gasteiger partial charge in [0.05, 0.1) is 24.3 Å². The Labute approximate surface area is 258 Å². The van der Waals surface area contributed by atoms with Crippen LogP contribution in [-0.4, -0.2) is 46.1 Å². The molecule has 4 rings (SSSR count). The standard InChI is InChI=1S/C32H38BrFN2O5S/c1-32(2,3)41-31(40)35-25(16-19-8-10-22(33)11-9-19)27(38)18-21(17-20-6-4-5-7-24(20)34)30(39)36-29-23-14-15-42-28(23)13-12-26(29)37/h4-11,14-15,21,25-27,29,37-38H,12-13,16-18H2,1-3H3,(H,35,40)(H,36,39)/t21-,25+,26-,27+,29+/m1/s1. The molecule has 1 aromatic heterocycles. The number of hydrogen-bond acceptors (Lipinski definition) is 6. The van der Waals surface area contributed by atoms with Gasteiger partial charge in [0.1, 0.15) is 11.4 Å². The van der Waals surface area contributed by atoms with Gasteiger partial charge >= 0.3 is 6.09 Å². The third kappa shape index (κ3) is 8.86. The van der Waals surface area contributed by atoms with Crippen LogP contribution >= 0.6 is 27.3 Å². The molecule has 10 heteroatoms. The van der Waals surface area contributed by atoms with Crippen molar-refractivity contribution in [3.8, 4) is 0 Å². The van der Waals surface area contributed by atoms with E-state index in [1.807, 2.05) is 35.7 Å². The molecule has 5 atom stereocenters. The zero-order chi connectivity index (χ0) is 30.4. The summed E-state index contributed by atoms with van der Waals surface area (Å²) in [6.45, 7) is 5.25. The zero-order valence-electron chi connectivity index (χ0n) is 24.0. The number of aliphatic hydroxyl groups excluding tert-OH is 2. The van der Waals surface area contributed by atoms with Gasteiger partial charge in [-0.3, -0.25) is 4.79 Å². The van der Waals surface area contributed by atoms with Crippen molar-refractivity contribution < 1.29 is 28.9 Å². The molecule has 0 saturated heterocycles. The lowest BCUT2D eigenvalue weighted by Crippen LogP contribution is -2.49. The molecule has 1 aliphatic rings. The first kappa shape index (κ1) is 32.1. The van der Waals surface area contributed by atoms with E-state index in [1.54, 1.807) is 50.3 Å². The molecule has 3 aromatic rings. The van der Waals surface area contributed by atoms with Gasteiger partial charge in [-0.1, -0.05) is 46.3 Å². The van der Waals surface area contributed by atoms with Gasteiger partial charge in [-0.15, -0.1) is 11.3 Å². The number of amides is 2. The molecule has 1 heterocycles. The minimum absolute atomic E-state index is 0.0340. The Morgan fingerprint density at radius 3 is 2.52 bits per heavy atom. The SMILES string of the molecule is CC(C)(C)OC(=O)N[C@@H](Cc1ccc(Br)cc1)[C@@H](O)C[C@@H](Cc1ccccc1F)C(=O)N[C@H]1c2ccsc2CC[C@H]1O. The van der Waals surface area contributed by atoms with Crippen molar-refractivity contribution in [1.29, 1.82) is 0 Å². The Morgan fingerprint density at radius 2 is 1.83 bits per heavy atom. The van der Waals surface area contributed by atoms with Gasteiger partial charge in [0.15, 0.2) is 0 Å². The van der Waals surface area contributed by atoms with E-state index in [0.717, 1.165) is 26.9 Å². The van der Waals surface area contributed by atoms with Gasteiger partial charge in [0.2, 0.25) is 5.91 Å². The lowest BCUT2D eigenvalue weighted by molar-refractivity contribution is -0.128. The van der Waals surface area contributed by atoms with Crippen LogP contribution in [0.25, 0.3) is 0 Å². The van der Waals surface area contributed by atoms with Crippen molar-refractivity contribution in [1.82, 2.24) is 10.6 Å². The molecule has 0 fully saturated rings. The van der Waals surface area contributed by atoms with Gasteiger partial charge in [-0.05, 0) is 99.2 Å². The van der Waals surface area contributed by atoms with Crippen molar-refractivity contribution in [2.75, 3.05) is 0 Å². The molecule has 0 bridgehead atoms. The van der Waals surface area contributed by atoms with Crippen LogP contribution in [-0.2, 0) is 28.8 Å². The number of nitrogens with one attached hydrogen (secondary N) is 2. The molecule has 0 unspecified atom stereocenters. The second-order valence-electron chi connectivity index (χ2n) is 11.8. The van der Waals surface area contributed by atoms with Crippen molar-refractivity contribution in [2.24, 2.45) is 5.92 Å². The molecular formula is C32H38BrFN2O5S. The smallest absolute Gasteiger partial charge is 0.407 e. The molecule has 0 radical (unpaired) electrons. The normalized spacial score (nSPS) is 18.8. The molecule has 226 valence electrons. The summed E-state index contributed by atoms with van der Waals surface area (Å²) >= 11 is 5.01. The van der Waals surface area contributed by atoms with Crippen LogP contribution in [0.4, 0.5) is 9.18 Å². The fourth-order valence-corrected chi connectivity index (χ4v) is 6.42. The fraction of sp³-hybridized carbons (Fsp3) is 0.438. The van der Waals surface area contributed by atoms with E-state index >= 15 is 0 Å². The molecule has 1 aliphatic carbocycles. The van der Waals surface area contributed by atoms with Crippen LogP contribution in [0.3, 0.4) is 0 Å². The van der Waals surface area contributed by atoms with Crippen LogP contribution < -0.4 is 10.6 Å². The monoisotopic (exact) mass is 660 g/mol. The topological polar surface area (TPSA) is 108 Å². The molecule has 42 heavy (non-hydrogen) atoms. The number of ether oxygens (including phenoxy) is 1. The average molecular weight is 662 g/mol. The summed E-state index contributed by atoms with van der Waals surface area (Å²) in [5.74, 6) is -1.69. The molecule has 2 amide bonds. The maximum Gasteiger partial charge on any atom is 0.407 e. The Hall–Kier alpha value is -2.79. The number of carbonyl (C=O) groups excluding carboxylic acids is 2. The van der Waals surface area contributed by atoms with Crippen LogP contribution in [0.15, 0.2) is 64.5 Å². The zero-order valence-corrected chi connectivity index (χ0v) is 26.4. The largest absolute Gasteiger partial charge is 0.444 e. The molecule has 0 saturated carbocycles. The molecule has 0 spiro atoms. The van der Waals surface area contributed by atoms with Crippen molar-refractivity contribution in [2.45, 2.75) is 82.8 Å². The van der Waals surface area contributed by atoms with Crippen LogP contribution in [0.5, 0.6) is 0 Å². The number of benzene rings is 2. The summed E-state index contributed by atoms with van der Waals surface area (Å²) in [6, 6.07) is 14.3. The highest BCUT2D eigenvalue weighted by Crippen LogP contribution is 2.34. The second-order valence-corrected chi connectivity index (χ2v) is 13.7. The highest BCUT2D eigenvalue weighted by atomic mass is 79.9. The summed E-state index contributed by atoms with van der Waals surface area (Å²) in [6.07, 6.45) is -1.09. The molecule has 0 aliphatic heterocycles. The van der Waals surface area contributed by atoms with E-state index in [9.17, 15) is 24.2 Å². The van der Waals surface area contributed by atoms with E-state index in [2.05, 4.69) is 26.6 Å². The third-order valence-corrected chi connectivity index (χ3v) is 8.85. The Bertz CT molecular complexity index is 1360. The van der Waals surface area contributed by atoms with Gasteiger partial charge in [0.25, 0.3) is 0 Å². The summed E-state index contributed by atoms with van der Waals surface area (Å²) < 4.78 is 21.1. The Kier molecular flexibility index (Phi) is 10.8. The number of halogens is 2. The first-order chi connectivity index (χ1) is 19.9. The minimum atomic E-state index is -1.17. The highest BCUT2D eigenvalue weighted by Gasteiger charge is 2.35. The number of aryl methyl sites for hydroxylation is 1. The van der Waals surface area contributed by atoms with E-state index < -0.39 is 53.6 Å². The lowest BCUT2D eigenvalue weighted by atomic mass is 9.87. The first-order valence-corrected chi connectivity index (χ1v) is 15.8. The predicted molar refractivity (Wildman–Crippen MR) is 165 cm³/mol. The fourth-order valence-electron chi connectivity index (χ4n) is 5.21. The van der Waals surface area contributed by atoms with E-state index in [1.165, 1.54) is 6.07 Å². The molecular weight excluding hydrogens is 623 g/mol. The first-order valence-electron chi connectivity index (χ1n) is 14.1. The third-order valence-electron chi connectivity index (χ3n) is 7.32. The summed E-state index contributed by atoms with van der Waals surface area (Å²) in [4.78, 5) is 27.7. The number of carbonyl (C=O) groups is 2. The summed E-state index contributed by atoms with van der Waals surface area (Å²) in [5, 5.41) is 30.0. The van der Waals surface area contributed by atoms with Crippen molar-refractivity contribution in [3.63, 3.8) is 0 Å². The van der Waals surface area contributed by atoms with E-state index in [0.29, 0.717) is 12.0 Å². The van der Waals surface area contributed by atoms with E-state index in [4.69, 9.17) is 4.74 Å². The number of alkyl carbamates (subject to hydrolysis) is 1. The van der Waals surface area contributed by atoms with Crippen LogP contribution in [0, 0.1) is 11.7 Å². The lowest BCUT2D eigenvalue weighted by Gasteiger charge is -2.32.